The summed E-state index contributed by atoms with van der Waals surface area (Å²) in [6, 6.07) is 4.75. The van der Waals surface area contributed by atoms with E-state index in [1.54, 1.807) is 13.8 Å². The minimum atomic E-state index is -3.55. The molecule has 0 heterocycles. The first kappa shape index (κ1) is 19.1. The number of nitrogens with zero attached hydrogens (tertiary/aromatic N) is 1. The maximum Gasteiger partial charge on any atom is 0.328 e. The molecule has 0 fully saturated rings. The van der Waals surface area contributed by atoms with Gasteiger partial charge in [-0.05, 0) is 30.2 Å². The van der Waals surface area contributed by atoms with Gasteiger partial charge in [0.15, 0.2) is 0 Å². The zero-order valence-corrected chi connectivity index (χ0v) is 14.7. The molecule has 0 aromatic heterocycles. The SMILES string of the molecule is COC(=O)[C@H](NC(=O)c1ccc(S(=O)(=O)N(C)C)cc1)C(C)C. The minimum Gasteiger partial charge on any atom is -0.467 e. The first-order chi connectivity index (χ1) is 10.6. The van der Waals surface area contributed by atoms with Crippen LogP contribution in [0.2, 0.25) is 0 Å². The first-order valence-corrected chi connectivity index (χ1v) is 8.46. The average Bonchev–Trinajstić information content (AvgIpc) is 2.51. The Labute approximate surface area is 136 Å². The van der Waals surface area contributed by atoms with Crippen molar-refractivity contribution in [2.24, 2.45) is 5.92 Å². The number of amides is 1. The fourth-order valence-electron chi connectivity index (χ4n) is 1.84. The van der Waals surface area contributed by atoms with Crippen LogP contribution in [0.3, 0.4) is 0 Å². The van der Waals surface area contributed by atoms with Gasteiger partial charge in [-0.1, -0.05) is 13.8 Å². The predicted octanol–water partition coefficient (Wildman–Crippen LogP) is 0.864. The van der Waals surface area contributed by atoms with Crippen LogP contribution in [0, 0.1) is 5.92 Å². The van der Waals surface area contributed by atoms with Crippen molar-refractivity contribution in [2.75, 3.05) is 21.2 Å². The van der Waals surface area contributed by atoms with Crippen LogP contribution in [0.1, 0.15) is 24.2 Å². The van der Waals surface area contributed by atoms with E-state index in [-0.39, 0.29) is 16.4 Å². The van der Waals surface area contributed by atoms with E-state index in [0.29, 0.717) is 0 Å². The van der Waals surface area contributed by atoms with Gasteiger partial charge in [-0.2, -0.15) is 0 Å². The zero-order chi connectivity index (χ0) is 17.8. The topological polar surface area (TPSA) is 92.8 Å². The van der Waals surface area contributed by atoms with E-state index in [4.69, 9.17) is 0 Å². The van der Waals surface area contributed by atoms with Crippen LogP contribution in [0.4, 0.5) is 0 Å². The van der Waals surface area contributed by atoms with Crippen molar-refractivity contribution in [3.05, 3.63) is 29.8 Å². The maximum absolute atomic E-state index is 12.2. The molecule has 1 rings (SSSR count). The number of nitrogens with one attached hydrogen (secondary N) is 1. The molecule has 1 N–H and O–H groups in total. The molecule has 1 amide bonds. The largest absolute Gasteiger partial charge is 0.467 e. The highest BCUT2D eigenvalue weighted by molar-refractivity contribution is 7.89. The number of hydrogen-bond acceptors (Lipinski definition) is 5. The lowest BCUT2D eigenvalue weighted by Gasteiger charge is -2.20. The second-order valence-corrected chi connectivity index (χ2v) is 7.68. The Kier molecular flexibility index (Phi) is 6.28. The molecule has 0 radical (unpaired) electrons. The Bertz CT molecular complexity index is 666. The van der Waals surface area contributed by atoms with Gasteiger partial charge in [0.1, 0.15) is 6.04 Å². The van der Waals surface area contributed by atoms with E-state index in [0.717, 1.165) is 4.31 Å². The van der Waals surface area contributed by atoms with Crippen molar-refractivity contribution in [3.8, 4) is 0 Å². The molecule has 0 unspecified atom stereocenters. The molecule has 23 heavy (non-hydrogen) atoms. The third kappa shape index (κ3) is 4.52. The number of benzene rings is 1. The molecule has 8 heteroatoms. The molecule has 0 aliphatic rings. The Balaban J connectivity index is 2.96. The van der Waals surface area contributed by atoms with Crippen molar-refractivity contribution < 1.29 is 22.7 Å². The number of esters is 1. The van der Waals surface area contributed by atoms with Gasteiger partial charge in [0, 0.05) is 19.7 Å². The maximum atomic E-state index is 12.2. The highest BCUT2D eigenvalue weighted by Gasteiger charge is 2.25. The summed E-state index contributed by atoms with van der Waals surface area (Å²) in [7, 11) is 0.569. The van der Waals surface area contributed by atoms with E-state index < -0.39 is 27.9 Å². The Morgan fingerprint density at radius 1 is 1.13 bits per heavy atom. The smallest absolute Gasteiger partial charge is 0.328 e. The molecule has 0 spiro atoms. The molecule has 1 atom stereocenters. The predicted molar refractivity (Wildman–Crippen MR) is 85.4 cm³/mol. The summed E-state index contributed by atoms with van der Waals surface area (Å²) in [5, 5.41) is 2.59. The van der Waals surface area contributed by atoms with E-state index in [1.165, 1.54) is 45.5 Å². The number of methoxy groups -OCH3 is 1. The molecule has 7 nitrogen and oxygen atoms in total. The summed E-state index contributed by atoms with van der Waals surface area (Å²) in [5.74, 6) is -1.14. The lowest BCUT2D eigenvalue weighted by atomic mass is 10.0. The Hall–Kier alpha value is -1.93. The zero-order valence-electron chi connectivity index (χ0n) is 13.9. The normalized spacial score (nSPS) is 13.0. The van der Waals surface area contributed by atoms with Crippen LogP contribution < -0.4 is 5.32 Å². The molecule has 0 bridgehead atoms. The van der Waals surface area contributed by atoms with Crippen molar-refractivity contribution in [2.45, 2.75) is 24.8 Å². The molecule has 1 aromatic carbocycles. The number of ether oxygens (including phenoxy) is 1. The molecule has 0 aliphatic heterocycles. The minimum absolute atomic E-state index is 0.0902. The second-order valence-electron chi connectivity index (χ2n) is 5.53. The summed E-state index contributed by atoms with van der Waals surface area (Å²) in [4.78, 5) is 23.9. The van der Waals surface area contributed by atoms with Crippen molar-refractivity contribution in [3.63, 3.8) is 0 Å². The standard InChI is InChI=1S/C15H22N2O5S/c1-10(2)13(15(19)22-5)16-14(18)11-6-8-12(9-7-11)23(20,21)17(3)4/h6-10,13H,1-5H3,(H,16,18)/t13-/m1/s1. The number of sulfonamides is 1. The third-order valence-electron chi connectivity index (χ3n) is 3.30. The summed E-state index contributed by atoms with van der Waals surface area (Å²) in [6.07, 6.45) is 0. The molecule has 0 saturated carbocycles. The van der Waals surface area contributed by atoms with Crippen LogP contribution >= 0.6 is 0 Å². The van der Waals surface area contributed by atoms with Crippen LogP contribution in [-0.2, 0) is 19.6 Å². The highest BCUT2D eigenvalue weighted by atomic mass is 32.2. The Morgan fingerprint density at radius 3 is 2.04 bits per heavy atom. The van der Waals surface area contributed by atoms with Crippen LogP contribution in [-0.4, -0.2) is 51.8 Å². The van der Waals surface area contributed by atoms with E-state index in [2.05, 4.69) is 10.1 Å². The fourth-order valence-corrected chi connectivity index (χ4v) is 2.74. The van der Waals surface area contributed by atoms with E-state index >= 15 is 0 Å². The van der Waals surface area contributed by atoms with Crippen molar-refractivity contribution >= 4 is 21.9 Å². The lowest BCUT2D eigenvalue weighted by Crippen LogP contribution is -2.45. The monoisotopic (exact) mass is 342 g/mol. The molecule has 0 saturated heterocycles. The number of carbonyl (C=O) groups is 2. The molecular weight excluding hydrogens is 320 g/mol. The first-order valence-electron chi connectivity index (χ1n) is 7.02. The molecule has 1 aromatic rings. The Morgan fingerprint density at radius 2 is 1.65 bits per heavy atom. The highest BCUT2D eigenvalue weighted by Crippen LogP contribution is 2.14. The third-order valence-corrected chi connectivity index (χ3v) is 5.13. The van der Waals surface area contributed by atoms with Crippen LogP contribution in [0.5, 0.6) is 0 Å². The molecule has 128 valence electrons. The van der Waals surface area contributed by atoms with Gasteiger partial charge in [-0.15, -0.1) is 0 Å². The fraction of sp³-hybridized carbons (Fsp3) is 0.467. The summed E-state index contributed by atoms with van der Waals surface area (Å²) < 4.78 is 29.7. The van der Waals surface area contributed by atoms with E-state index in [9.17, 15) is 18.0 Å². The summed E-state index contributed by atoms with van der Waals surface area (Å²) in [5.41, 5.74) is 0.261. The van der Waals surface area contributed by atoms with Crippen LogP contribution in [0.25, 0.3) is 0 Å². The van der Waals surface area contributed by atoms with Gasteiger partial charge in [0.2, 0.25) is 10.0 Å². The van der Waals surface area contributed by atoms with Crippen molar-refractivity contribution in [1.29, 1.82) is 0 Å². The van der Waals surface area contributed by atoms with Gasteiger partial charge < -0.3 is 10.1 Å². The van der Waals surface area contributed by atoms with E-state index in [1.807, 2.05) is 0 Å². The van der Waals surface area contributed by atoms with Crippen molar-refractivity contribution in [1.82, 2.24) is 9.62 Å². The number of rotatable bonds is 6. The average molecular weight is 342 g/mol. The number of carbonyl (C=O) groups excluding carboxylic acids is 2. The van der Waals surface area contributed by atoms with Gasteiger partial charge >= 0.3 is 5.97 Å². The second kappa shape index (κ2) is 7.56. The quantitative estimate of drug-likeness (QED) is 0.774. The van der Waals surface area contributed by atoms with Gasteiger partial charge in [-0.3, -0.25) is 4.79 Å². The van der Waals surface area contributed by atoms with Gasteiger partial charge in [-0.25, -0.2) is 17.5 Å². The summed E-state index contributed by atoms with van der Waals surface area (Å²) in [6.45, 7) is 3.57. The molecular formula is C15H22N2O5S. The van der Waals surface area contributed by atoms with Crippen LogP contribution in [0.15, 0.2) is 29.2 Å². The van der Waals surface area contributed by atoms with Gasteiger partial charge in [0.25, 0.3) is 5.91 Å². The number of hydrogen-bond donors (Lipinski definition) is 1. The lowest BCUT2D eigenvalue weighted by molar-refractivity contribution is -0.144. The molecule has 0 aliphatic carbocycles. The van der Waals surface area contributed by atoms with Gasteiger partial charge in [0.05, 0.1) is 12.0 Å². The summed E-state index contributed by atoms with van der Waals surface area (Å²) >= 11 is 0.